The normalized spacial score (nSPS) is 15.8. The quantitative estimate of drug-likeness (QED) is 0.774. The highest BCUT2D eigenvalue weighted by Gasteiger charge is 2.11. The van der Waals surface area contributed by atoms with Crippen molar-refractivity contribution in [3.8, 4) is 0 Å². The van der Waals surface area contributed by atoms with Crippen LogP contribution in [-0.4, -0.2) is 17.1 Å². The fourth-order valence-corrected chi connectivity index (χ4v) is 2.76. The number of carboxylic acid groups (broad SMARTS) is 1. The largest absolute Gasteiger partial charge is 0.480 e. The maximum absolute atomic E-state index is 10.6. The molecule has 0 bridgehead atoms. The molecule has 3 nitrogen and oxygen atoms in total. The van der Waals surface area contributed by atoms with E-state index in [1.807, 2.05) is 0 Å². The number of hydrogen-bond donors (Lipinski definition) is 2. The van der Waals surface area contributed by atoms with Crippen molar-refractivity contribution >= 4 is 5.97 Å². The molecule has 0 saturated carbocycles. The van der Waals surface area contributed by atoms with Crippen LogP contribution >= 0.6 is 0 Å². The summed E-state index contributed by atoms with van der Waals surface area (Å²) < 4.78 is 0. The molecule has 0 amide bonds. The Balaban J connectivity index is 1.78. The Kier molecular flexibility index (Phi) is 4.97. The molecule has 0 aliphatic heterocycles. The van der Waals surface area contributed by atoms with Crippen LogP contribution in [-0.2, 0) is 24.1 Å². The minimum Gasteiger partial charge on any atom is -0.480 e. The second-order valence-electron chi connectivity index (χ2n) is 5.50. The van der Waals surface area contributed by atoms with E-state index in [0.717, 1.165) is 19.3 Å². The fourth-order valence-electron chi connectivity index (χ4n) is 2.76. The summed E-state index contributed by atoms with van der Waals surface area (Å²) in [5.41, 5.74) is 9.90. The summed E-state index contributed by atoms with van der Waals surface area (Å²) in [7, 11) is 0. The molecule has 0 fully saturated rings. The lowest BCUT2D eigenvalue weighted by Gasteiger charge is -2.16. The Morgan fingerprint density at radius 3 is 2.68 bits per heavy atom. The SMILES string of the molecule is NC(CCCCc1ccc2c(c1)CCCC2)C(=O)O. The molecule has 1 aliphatic rings. The second kappa shape index (κ2) is 6.71. The molecule has 0 saturated heterocycles. The number of hydrogen-bond acceptors (Lipinski definition) is 2. The second-order valence-corrected chi connectivity index (χ2v) is 5.50. The van der Waals surface area contributed by atoms with Crippen molar-refractivity contribution < 1.29 is 9.90 Å². The molecule has 3 N–H and O–H groups in total. The van der Waals surface area contributed by atoms with Gasteiger partial charge in [0.25, 0.3) is 0 Å². The third-order valence-corrected chi connectivity index (χ3v) is 3.96. The maximum Gasteiger partial charge on any atom is 0.320 e. The van der Waals surface area contributed by atoms with Gasteiger partial charge in [0.1, 0.15) is 6.04 Å². The maximum atomic E-state index is 10.6. The van der Waals surface area contributed by atoms with Gasteiger partial charge >= 0.3 is 5.97 Å². The number of unbranched alkanes of at least 4 members (excludes halogenated alkanes) is 1. The molecule has 1 aromatic rings. The zero-order valence-corrected chi connectivity index (χ0v) is 11.4. The standard InChI is InChI=1S/C16H23NO2/c17-15(16(18)19)8-4-1-5-12-9-10-13-6-2-3-7-14(13)11-12/h9-11,15H,1-8,17H2,(H,18,19). The average molecular weight is 261 g/mol. The van der Waals surface area contributed by atoms with Crippen LogP contribution in [0.3, 0.4) is 0 Å². The Hall–Kier alpha value is -1.35. The molecule has 2 rings (SSSR count). The van der Waals surface area contributed by atoms with Crippen LogP contribution in [0.4, 0.5) is 0 Å². The van der Waals surface area contributed by atoms with Gasteiger partial charge in [-0.25, -0.2) is 0 Å². The van der Waals surface area contributed by atoms with E-state index < -0.39 is 12.0 Å². The lowest BCUT2D eigenvalue weighted by Crippen LogP contribution is -2.29. The van der Waals surface area contributed by atoms with Gasteiger partial charge < -0.3 is 10.8 Å². The van der Waals surface area contributed by atoms with Gasteiger partial charge in [-0.15, -0.1) is 0 Å². The molecule has 1 unspecified atom stereocenters. The van der Waals surface area contributed by atoms with E-state index in [1.54, 1.807) is 0 Å². The van der Waals surface area contributed by atoms with Gasteiger partial charge in [-0.3, -0.25) is 4.79 Å². The van der Waals surface area contributed by atoms with E-state index in [9.17, 15) is 4.79 Å². The first-order chi connectivity index (χ1) is 9.16. The van der Waals surface area contributed by atoms with Gasteiger partial charge in [-0.05, 0) is 61.6 Å². The number of aliphatic carboxylic acids is 1. The number of carboxylic acids is 1. The lowest BCUT2D eigenvalue weighted by molar-refractivity contribution is -0.138. The zero-order valence-electron chi connectivity index (χ0n) is 11.4. The van der Waals surface area contributed by atoms with Gasteiger partial charge in [0, 0.05) is 0 Å². The van der Waals surface area contributed by atoms with E-state index in [2.05, 4.69) is 18.2 Å². The topological polar surface area (TPSA) is 63.3 Å². The zero-order chi connectivity index (χ0) is 13.7. The number of benzene rings is 1. The number of aryl methyl sites for hydroxylation is 3. The first-order valence-electron chi connectivity index (χ1n) is 7.26. The summed E-state index contributed by atoms with van der Waals surface area (Å²) in [6.07, 6.45) is 8.56. The molecule has 0 heterocycles. The van der Waals surface area contributed by atoms with Gasteiger partial charge in [0.2, 0.25) is 0 Å². The van der Waals surface area contributed by atoms with E-state index in [-0.39, 0.29) is 0 Å². The summed E-state index contributed by atoms with van der Waals surface area (Å²) in [6, 6.07) is 6.13. The fraction of sp³-hybridized carbons (Fsp3) is 0.562. The smallest absolute Gasteiger partial charge is 0.320 e. The van der Waals surface area contributed by atoms with Crippen LogP contribution < -0.4 is 5.73 Å². The van der Waals surface area contributed by atoms with E-state index in [4.69, 9.17) is 10.8 Å². The molecule has 0 aromatic heterocycles. The third kappa shape index (κ3) is 4.06. The summed E-state index contributed by atoms with van der Waals surface area (Å²) in [5.74, 6) is -0.895. The van der Waals surface area contributed by atoms with Crippen molar-refractivity contribution in [2.24, 2.45) is 5.73 Å². The molecule has 104 valence electrons. The first kappa shape index (κ1) is 14.1. The third-order valence-electron chi connectivity index (χ3n) is 3.96. The van der Waals surface area contributed by atoms with Crippen LogP contribution in [0.2, 0.25) is 0 Å². The van der Waals surface area contributed by atoms with Crippen molar-refractivity contribution in [2.45, 2.75) is 57.4 Å². The average Bonchev–Trinajstić information content (AvgIpc) is 2.43. The lowest BCUT2D eigenvalue weighted by atomic mass is 9.89. The number of nitrogens with two attached hydrogens (primary N) is 1. The Bertz CT molecular complexity index is 442. The van der Waals surface area contributed by atoms with E-state index in [1.165, 1.54) is 42.4 Å². The van der Waals surface area contributed by atoms with Crippen molar-refractivity contribution in [3.05, 3.63) is 34.9 Å². The molecule has 1 atom stereocenters. The number of carbonyl (C=O) groups is 1. The molecule has 0 spiro atoms. The van der Waals surface area contributed by atoms with Gasteiger partial charge in [-0.1, -0.05) is 24.6 Å². The van der Waals surface area contributed by atoms with Crippen molar-refractivity contribution in [2.75, 3.05) is 0 Å². The van der Waals surface area contributed by atoms with Gasteiger partial charge in [-0.2, -0.15) is 0 Å². The van der Waals surface area contributed by atoms with Crippen molar-refractivity contribution in [1.29, 1.82) is 0 Å². The monoisotopic (exact) mass is 261 g/mol. The molecule has 1 aromatic carbocycles. The molecule has 19 heavy (non-hydrogen) atoms. The summed E-state index contributed by atoms with van der Waals surface area (Å²) in [5, 5.41) is 8.71. The minimum absolute atomic E-state index is 0.570. The molecule has 0 radical (unpaired) electrons. The van der Waals surface area contributed by atoms with E-state index >= 15 is 0 Å². The van der Waals surface area contributed by atoms with Gasteiger partial charge in [0.15, 0.2) is 0 Å². The van der Waals surface area contributed by atoms with Crippen LogP contribution in [0, 0.1) is 0 Å². The molecular formula is C16H23NO2. The predicted molar refractivity (Wildman–Crippen MR) is 76.3 cm³/mol. The summed E-state index contributed by atoms with van der Waals surface area (Å²) >= 11 is 0. The summed E-state index contributed by atoms with van der Waals surface area (Å²) in [6.45, 7) is 0. The van der Waals surface area contributed by atoms with Crippen molar-refractivity contribution in [1.82, 2.24) is 0 Å². The van der Waals surface area contributed by atoms with Crippen LogP contribution in [0.1, 0.15) is 48.8 Å². The van der Waals surface area contributed by atoms with Crippen LogP contribution in [0.15, 0.2) is 18.2 Å². The predicted octanol–water partition coefficient (Wildman–Crippen LogP) is 2.69. The Morgan fingerprint density at radius 2 is 1.95 bits per heavy atom. The van der Waals surface area contributed by atoms with Crippen LogP contribution in [0.5, 0.6) is 0 Å². The summed E-state index contributed by atoms with van der Waals surface area (Å²) in [4.78, 5) is 10.6. The van der Waals surface area contributed by atoms with Crippen LogP contribution in [0.25, 0.3) is 0 Å². The number of rotatable bonds is 6. The highest BCUT2D eigenvalue weighted by molar-refractivity contribution is 5.72. The highest BCUT2D eigenvalue weighted by Crippen LogP contribution is 2.23. The minimum atomic E-state index is -0.895. The first-order valence-corrected chi connectivity index (χ1v) is 7.26. The molecular weight excluding hydrogens is 238 g/mol. The highest BCUT2D eigenvalue weighted by atomic mass is 16.4. The number of fused-ring (bicyclic) bond motifs is 1. The molecule has 1 aliphatic carbocycles. The Morgan fingerprint density at radius 1 is 1.21 bits per heavy atom. The molecule has 3 heteroatoms. The Labute approximate surface area is 114 Å². The van der Waals surface area contributed by atoms with Gasteiger partial charge in [0.05, 0.1) is 0 Å². The van der Waals surface area contributed by atoms with E-state index in [0.29, 0.717) is 6.42 Å². The van der Waals surface area contributed by atoms with Crippen molar-refractivity contribution in [3.63, 3.8) is 0 Å².